The summed E-state index contributed by atoms with van der Waals surface area (Å²) in [4.78, 5) is 41.3. The average molecular weight is 408 g/mol. The van der Waals surface area contributed by atoms with Gasteiger partial charge in [-0.3, -0.25) is 9.69 Å². The van der Waals surface area contributed by atoms with Gasteiger partial charge in [0.05, 0.1) is 0 Å². The number of hydrogen-bond donors (Lipinski definition) is 0. The number of carbonyl (C=O) groups is 3. The fourth-order valence-electron chi connectivity index (χ4n) is 3.07. The van der Waals surface area contributed by atoms with Crippen LogP contribution in [0.4, 0.5) is 9.59 Å². The standard InChI is InChI=1S/C21H32N2O6/c1-13(2)14-16-15(17(24)23(14)19(26)29-21(6,7)8)22(11-9-10-12-27-16)18(25)28-20(3,4)5/h9-10,13-14H,11-12H2,1-8H3/b10-9-/t14-/m1/s1. The van der Waals surface area contributed by atoms with E-state index in [4.69, 9.17) is 14.2 Å². The van der Waals surface area contributed by atoms with Crippen molar-refractivity contribution in [3.63, 3.8) is 0 Å². The molecule has 0 aromatic rings. The third kappa shape index (κ3) is 5.31. The van der Waals surface area contributed by atoms with Gasteiger partial charge in [-0.25, -0.2) is 14.5 Å². The Hall–Kier alpha value is -2.51. The Morgan fingerprint density at radius 2 is 1.59 bits per heavy atom. The van der Waals surface area contributed by atoms with Crippen molar-refractivity contribution < 1.29 is 28.6 Å². The van der Waals surface area contributed by atoms with Crippen LogP contribution in [-0.4, -0.2) is 58.3 Å². The maximum absolute atomic E-state index is 13.3. The van der Waals surface area contributed by atoms with Gasteiger partial charge in [0.2, 0.25) is 0 Å². The molecule has 2 aliphatic heterocycles. The van der Waals surface area contributed by atoms with Gasteiger partial charge in [-0.05, 0) is 53.5 Å². The average Bonchev–Trinajstić information content (AvgIpc) is 2.76. The van der Waals surface area contributed by atoms with Gasteiger partial charge in [0.15, 0.2) is 5.70 Å². The van der Waals surface area contributed by atoms with Crippen molar-refractivity contribution in [3.8, 4) is 0 Å². The van der Waals surface area contributed by atoms with Crippen molar-refractivity contribution in [1.82, 2.24) is 9.80 Å². The summed E-state index contributed by atoms with van der Waals surface area (Å²) in [5.74, 6) is -0.497. The van der Waals surface area contributed by atoms with E-state index in [2.05, 4.69) is 0 Å². The molecule has 0 aromatic heterocycles. The molecule has 162 valence electrons. The summed E-state index contributed by atoms with van der Waals surface area (Å²) in [6.07, 6.45) is 2.04. The van der Waals surface area contributed by atoms with Crippen LogP contribution in [0.25, 0.3) is 0 Å². The second kappa shape index (κ2) is 8.08. The lowest BCUT2D eigenvalue weighted by molar-refractivity contribution is -0.128. The van der Waals surface area contributed by atoms with Gasteiger partial charge in [0.25, 0.3) is 5.91 Å². The van der Waals surface area contributed by atoms with E-state index in [0.717, 1.165) is 4.90 Å². The van der Waals surface area contributed by atoms with Crippen LogP contribution in [0.5, 0.6) is 0 Å². The number of rotatable bonds is 1. The van der Waals surface area contributed by atoms with Gasteiger partial charge in [-0.1, -0.05) is 19.9 Å². The summed E-state index contributed by atoms with van der Waals surface area (Å²) in [7, 11) is 0. The zero-order valence-electron chi connectivity index (χ0n) is 18.6. The predicted molar refractivity (Wildman–Crippen MR) is 107 cm³/mol. The quantitative estimate of drug-likeness (QED) is 0.613. The lowest BCUT2D eigenvalue weighted by Gasteiger charge is -2.30. The van der Waals surface area contributed by atoms with Crippen LogP contribution >= 0.6 is 0 Å². The molecule has 0 radical (unpaired) electrons. The fourth-order valence-corrected chi connectivity index (χ4v) is 3.07. The summed E-state index contributed by atoms with van der Waals surface area (Å²) in [5, 5.41) is 0. The Bertz CT molecular complexity index is 739. The summed E-state index contributed by atoms with van der Waals surface area (Å²) in [6.45, 7) is 14.6. The number of carbonyl (C=O) groups excluding carboxylic acids is 3. The maximum atomic E-state index is 13.3. The third-order valence-corrected chi connectivity index (χ3v) is 4.10. The first kappa shape index (κ1) is 22.8. The third-order valence-electron chi connectivity index (χ3n) is 4.10. The summed E-state index contributed by atoms with van der Waals surface area (Å²) >= 11 is 0. The van der Waals surface area contributed by atoms with Crippen molar-refractivity contribution in [2.75, 3.05) is 13.2 Å². The minimum absolute atomic E-state index is 0.0214. The van der Waals surface area contributed by atoms with E-state index in [1.54, 1.807) is 53.7 Å². The number of nitrogens with zero attached hydrogens (tertiary/aromatic N) is 2. The maximum Gasteiger partial charge on any atom is 0.418 e. The Morgan fingerprint density at radius 3 is 2.10 bits per heavy atom. The highest BCUT2D eigenvalue weighted by molar-refractivity contribution is 6.07. The van der Waals surface area contributed by atoms with Crippen molar-refractivity contribution >= 4 is 18.1 Å². The van der Waals surface area contributed by atoms with Gasteiger partial charge in [-0.15, -0.1) is 0 Å². The molecule has 1 atom stereocenters. The Morgan fingerprint density at radius 1 is 1.03 bits per heavy atom. The molecular formula is C21H32N2O6. The molecule has 0 spiro atoms. The van der Waals surface area contributed by atoms with Crippen LogP contribution in [0, 0.1) is 5.92 Å². The van der Waals surface area contributed by atoms with E-state index in [0.29, 0.717) is 0 Å². The molecule has 0 unspecified atom stereocenters. The molecule has 0 bridgehead atoms. The molecule has 0 aromatic carbocycles. The first-order valence-electron chi connectivity index (χ1n) is 9.82. The highest BCUT2D eigenvalue weighted by atomic mass is 16.6. The van der Waals surface area contributed by atoms with E-state index in [-0.39, 0.29) is 30.5 Å². The highest BCUT2D eigenvalue weighted by Gasteiger charge is 2.50. The molecule has 0 N–H and O–H groups in total. The van der Waals surface area contributed by atoms with E-state index >= 15 is 0 Å². The minimum atomic E-state index is -0.775. The molecule has 0 saturated carbocycles. The van der Waals surface area contributed by atoms with Gasteiger partial charge in [0.1, 0.15) is 29.6 Å². The van der Waals surface area contributed by atoms with Crippen LogP contribution in [0.1, 0.15) is 55.4 Å². The first-order valence-corrected chi connectivity index (χ1v) is 9.82. The van der Waals surface area contributed by atoms with Crippen LogP contribution in [0.3, 0.4) is 0 Å². The van der Waals surface area contributed by atoms with Crippen molar-refractivity contribution in [3.05, 3.63) is 23.6 Å². The van der Waals surface area contributed by atoms with Gasteiger partial charge in [0, 0.05) is 6.54 Å². The number of amides is 3. The van der Waals surface area contributed by atoms with Gasteiger partial charge < -0.3 is 14.2 Å². The van der Waals surface area contributed by atoms with Crippen LogP contribution in [-0.2, 0) is 19.0 Å². The van der Waals surface area contributed by atoms with Crippen LogP contribution in [0.2, 0.25) is 0 Å². The predicted octanol–water partition coefficient (Wildman–Crippen LogP) is 3.82. The van der Waals surface area contributed by atoms with E-state index in [1.165, 1.54) is 4.90 Å². The molecule has 0 fully saturated rings. The molecule has 29 heavy (non-hydrogen) atoms. The Kier molecular flexibility index (Phi) is 6.35. The lowest BCUT2D eigenvalue weighted by atomic mass is 10.0. The van der Waals surface area contributed by atoms with Crippen LogP contribution in [0.15, 0.2) is 23.6 Å². The molecule has 2 aliphatic rings. The summed E-state index contributed by atoms with van der Waals surface area (Å²) in [5.41, 5.74) is -1.49. The lowest BCUT2D eigenvalue weighted by Crippen LogP contribution is -2.47. The molecule has 2 heterocycles. The van der Waals surface area contributed by atoms with Gasteiger partial charge >= 0.3 is 12.2 Å². The zero-order chi connectivity index (χ0) is 22.1. The second-order valence-corrected chi connectivity index (χ2v) is 9.43. The van der Waals surface area contributed by atoms with Gasteiger partial charge in [-0.2, -0.15) is 0 Å². The summed E-state index contributed by atoms with van der Waals surface area (Å²) < 4.78 is 16.8. The number of imide groups is 1. The minimum Gasteiger partial charge on any atom is -0.489 e. The number of hydrogen-bond acceptors (Lipinski definition) is 6. The monoisotopic (exact) mass is 408 g/mol. The largest absolute Gasteiger partial charge is 0.489 e. The normalized spacial score (nSPS) is 21.4. The number of ether oxygens (including phenoxy) is 3. The Labute approximate surface area is 172 Å². The van der Waals surface area contributed by atoms with E-state index in [9.17, 15) is 14.4 Å². The summed E-state index contributed by atoms with van der Waals surface area (Å²) in [6, 6.07) is -0.677. The molecule has 0 saturated heterocycles. The first-order chi connectivity index (χ1) is 13.2. The van der Waals surface area contributed by atoms with Crippen molar-refractivity contribution in [1.29, 1.82) is 0 Å². The van der Waals surface area contributed by atoms with Crippen LogP contribution < -0.4 is 0 Å². The highest BCUT2D eigenvalue weighted by Crippen LogP contribution is 2.36. The zero-order valence-corrected chi connectivity index (χ0v) is 18.6. The van der Waals surface area contributed by atoms with E-state index in [1.807, 2.05) is 13.8 Å². The second-order valence-electron chi connectivity index (χ2n) is 9.43. The molecule has 8 heteroatoms. The topological polar surface area (TPSA) is 85.4 Å². The molecule has 0 aliphatic carbocycles. The Balaban J connectivity index is 2.50. The van der Waals surface area contributed by atoms with E-state index < -0.39 is 35.3 Å². The fraction of sp³-hybridized carbons (Fsp3) is 0.667. The SMILES string of the molecule is CC(C)[C@@H]1C2=C(C(=O)N1C(=O)OC(C)(C)C)N(C(=O)OC(C)(C)C)C/C=C\CO2. The molecule has 8 nitrogen and oxygen atoms in total. The van der Waals surface area contributed by atoms with Crippen molar-refractivity contribution in [2.24, 2.45) is 5.92 Å². The molecular weight excluding hydrogens is 376 g/mol. The smallest absolute Gasteiger partial charge is 0.418 e. The van der Waals surface area contributed by atoms with Crippen molar-refractivity contribution in [2.45, 2.75) is 72.6 Å². The molecule has 2 rings (SSSR count). The molecule has 3 amide bonds.